The highest BCUT2D eigenvalue weighted by Crippen LogP contribution is 2.27. The van der Waals surface area contributed by atoms with Crippen molar-refractivity contribution in [2.75, 3.05) is 0 Å². The van der Waals surface area contributed by atoms with Crippen LogP contribution in [0, 0.1) is 6.92 Å². The lowest BCUT2D eigenvalue weighted by molar-refractivity contribution is 0.594. The molecule has 1 aromatic heterocycles. The normalized spacial score (nSPS) is 12.0. The lowest BCUT2D eigenvalue weighted by Gasteiger charge is -2.21. The van der Waals surface area contributed by atoms with E-state index in [4.69, 9.17) is 0 Å². The van der Waals surface area contributed by atoms with Crippen LogP contribution in [0.25, 0.3) is 10.9 Å². The second-order valence-electron chi connectivity index (χ2n) is 5.29. The zero-order valence-electron chi connectivity index (χ0n) is 10.2. The van der Waals surface area contributed by atoms with Gasteiger partial charge in [-0.3, -0.25) is 4.79 Å². The van der Waals surface area contributed by atoms with Gasteiger partial charge in [0.05, 0.1) is 5.52 Å². The maximum absolute atomic E-state index is 11.9. The first-order valence-corrected chi connectivity index (χ1v) is 5.53. The van der Waals surface area contributed by atoms with Crippen LogP contribution >= 0.6 is 0 Å². The van der Waals surface area contributed by atoms with Crippen molar-refractivity contribution >= 4 is 10.9 Å². The van der Waals surface area contributed by atoms with Gasteiger partial charge in [-0.25, -0.2) is 0 Å². The number of hydrogen-bond donors (Lipinski definition) is 1. The molecular formula is C14H17NO. The minimum Gasteiger partial charge on any atom is -0.358 e. The molecule has 2 rings (SSSR count). The Labute approximate surface area is 95.3 Å². The van der Waals surface area contributed by atoms with E-state index in [1.165, 1.54) is 5.56 Å². The smallest absolute Gasteiger partial charge is 0.189 e. The fourth-order valence-electron chi connectivity index (χ4n) is 2.02. The SMILES string of the molecule is Cc1cc(=O)c2cccc(C(C)(C)C)c2[nH]1. The molecule has 0 aliphatic carbocycles. The summed E-state index contributed by atoms with van der Waals surface area (Å²) in [6, 6.07) is 7.56. The first-order chi connectivity index (χ1) is 7.39. The summed E-state index contributed by atoms with van der Waals surface area (Å²) in [6.07, 6.45) is 0. The number of hydrogen-bond acceptors (Lipinski definition) is 1. The Morgan fingerprint density at radius 3 is 2.50 bits per heavy atom. The highest BCUT2D eigenvalue weighted by atomic mass is 16.1. The molecule has 0 amide bonds. The molecule has 0 radical (unpaired) electrons. The van der Waals surface area contributed by atoms with Crippen molar-refractivity contribution in [1.29, 1.82) is 0 Å². The summed E-state index contributed by atoms with van der Waals surface area (Å²) in [5, 5.41) is 0.776. The summed E-state index contributed by atoms with van der Waals surface area (Å²) in [6.45, 7) is 8.38. The van der Waals surface area contributed by atoms with Crippen LogP contribution in [-0.2, 0) is 5.41 Å². The van der Waals surface area contributed by atoms with Crippen LogP contribution < -0.4 is 5.43 Å². The van der Waals surface area contributed by atoms with E-state index in [2.05, 4.69) is 31.8 Å². The molecule has 2 nitrogen and oxygen atoms in total. The van der Waals surface area contributed by atoms with E-state index < -0.39 is 0 Å². The molecule has 2 heteroatoms. The molecule has 1 heterocycles. The average Bonchev–Trinajstić information content (AvgIpc) is 2.15. The number of aryl methyl sites for hydroxylation is 1. The molecule has 0 aliphatic heterocycles. The van der Waals surface area contributed by atoms with E-state index in [-0.39, 0.29) is 10.8 Å². The lowest BCUT2D eigenvalue weighted by Crippen LogP contribution is -2.14. The molecule has 0 atom stereocenters. The fourth-order valence-corrected chi connectivity index (χ4v) is 2.02. The summed E-state index contributed by atoms with van der Waals surface area (Å²) >= 11 is 0. The minimum atomic E-state index is 0.0379. The van der Waals surface area contributed by atoms with Gasteiger partial charge in [-0.2, -0.15) is 0 Å². The topological polar surface area (TPSA) is 32.9 Å². The van der Waals surface area contributed by atoms with Crippen LogP contribution in [0.3, 0.4) is 0 Å². The summed E-state index contributed by atoms with van der Waals surface area (Å²) in [4.78, 5) is 15.2. The van der Waals surface area contributed by atoms with Gasteiger partial charge >= 0.3 is 0 Å². The molecule has 1 aromatic carbocycles. The molecule has 0 spiro atoms. The predicted octanol–water partition coefficient (Wildman–Crippen LogP) is 3.13. The van der Waals surface area contributed by atoms with Crippen LogP contribution in [-0.4, -0.2) is 4.98 Å². The molecule has 0 bridgehead atoms. The Morgan fingerprint density at radius 1 is 1.19 bits per heavy atom. The highest BCUT2D eigenvalue weighted by molar-refractivity contribution is 5.82. The molecule has 2 aromatic rings. The Morgan fingerprint density at radius 2 is 1.88 bits per heavy atom. The number of H-pyrrole nitrogens is 1. The van der Waals surface area contributed by atoms with Crippen molar-refractivity contribution in [3.8, 4) is 0 Å². The van der Waals surface area contributed by atoms with Crippen LogP contribution in [0.2, 0.25) is 0 Å². The number of para-hydroxylation sites is 1. The molecule has 0 saturated heterocycles. The summed E-state index contributed by atoms with van der Waals surface area (Å²) < 4.78 is 0. The molecule has 0 fully saturated rings. The van der Waals surface area contributed by atoms with E-state index in [0.717, 1.165) is 16.6 Å². The van der Waals surface area contributed by atoms with Gasteiger partial charge < -0.3 is 4.98 Å². The van der Waals surface area contributed by atoms with Crippen LogP contribution in [0.5, 0.6) is 0 Å². The van der Waals surface area contributed by atoms with Gasteiger partial charge in [0.25, 0.3) is 0 Å². The Bertz CT molecular complexity index is 588. The monoisotopic (exact) mass is 215 g/mol. The van der Waals surface area contributed by atoms with E-state index in [9.17, 15) is 4.79 Å². The van der Waals surface area contributed by atoms with Gasteiger partial charge in [0, 0.05) is 17.1 Å². The van der Waals surface area contributed by atoms with E-state index in [0.29, 0.717) is 0 Å². The Balaban J connectivity index is 2.93. The number of aromatic amines is 1. The first-order valence-electron chi connectivity index (χ1n) is 5.53. The van der Waals surface area contributed by atoms with Gasteiger partial charge in [-0.1, -0.05) is 32.9 Å². The van der Waals surface area contributed by atoms with Gasteiger partial charge in [0.15, 0.2) is 5.43 Å². The number of nitrogens with one attached hydrogen (secondary N) is 1. The predicted molar refractivity (Wildman–Crippen MR) is 68.0 cm³/mol. The molecular weight excluding hydrogens is 198 g/mol. The van der Waals surface area contributed by atoms with Gasteiger partial charge in [0.2, 0.25) is 0 Å². The third kappa shape index (κ3) is 1.75. The van der Waals surface area contributed by atoms with Crippen molar-refractivity contribution in [3.05, 3.63) is 45.7 Å². The molecule has 0 aliphatic rings. The van der Waals surface area contributed by atoms with E-state index >= 15 is 0 Å². The number of rotatable bonds is 0. The number of pyridine rings is 1. The summed E-state index contributed by atoms with van der Waals surface area (Å²) in [7, 11) is 0. The Hall–Kier alpha value is -1.57. The quantitative estimate of drug-likeness (QED) is 0.719. The largest absolute Gasteiger partial charge is 0.358 e. The van der Waals surface area contributed by atoms with Crippen molar-refractivity contribution in [2.24, 2.45) is 0 Å². The molecule has 0 saturated carbocycles. The number of aromatic nitrogens is 1. The third-order valence-electron chi connectivity index (χ3n) is 2.81. The number of fused-ring (bicyclic) bond motifs is 1. The Kier molecular flexibility index (Phi) is 2.38. The number of benzene rings is 1. The fraction of sp³-hybridized carbons (Fsp3) is 0.357. The highest BCUT2D eigenvalue weighted by Gasteiger charge is 2.17. The summed E-state index contributed by atoms with van der Waals surface area (Å²) in [5.41, 5.74) is 3.20. The standard InChI is InChI=1S/C14H17NO/c1-9-8-12(16)10-6-5-7-11(13(10)15-9)14(2,3)4/h5-8H,1-4H3,(H,15,16). The van der Waals surface area contributed by atoms with Crippen molar-refractivity contribution in [3.63, 3.8) is 0 Å². The van der Waals surface area contributed by atoms with Gasteiger partial charge in [0.1, 0.15) is 0 Å². The molecule has 1 N–H and O–H groups in total. The summed E-state index contributed by atoms with van der Waals surface area (Å²) in [5.74, 6) is 0. The third-order valence-corrected chi connectivity index (χ3v) is 2.81. The van der Waals surface area contributed by atoms with Crippen molar-refractivity contribution < 1.29 is 0 Å². The lowest BCUT2D eigenvalue weighted by atomic mass is 9.85. The molecule has 16 heavy (non-hydrogen) atoms. The van der Waals surface area contributed by atoms with Crippen LogP contribution in [0.1, 0.15) is 32.0 Å². The van der Waals surface area contributed by atoms with Crippen molar-refractivity contribution in [1.82, 2.24) is 4.98 Å². The maximum atomic E-state index is 11.9. The van der Waals surface area contributed by atoms with Gasteiger partial charge in [-0.15, -0.1) is 0 Å². The second-order valence-corrected chi connectivity index (χ2v) is 5.29. The zero-order valence-corrected chi connectivity index (χ0v) is 10.2. The van der Waals surface area contributed by atoms with Crippen molar-refractivity contribution in [2.45, 2.75) is 33.1 Å². The molecule has 0 unspecified atom stereocenters. The minimum absolute atomic E-state index is 0.0379. The van der Waals surface area contributed by atoms with E-state index in [1.54, 1.807) is 6.07 Å². The first kappa shape index (κ1) is 10.9. The second kappa shape index (κ2) is 3.48. The average molecular weight is 215 g/mol. The zero-order chi connectivity index (χ0) is 11.9. The van der Waals surface area contributed by atoms with Crippen LogP contribution in [0.4, 0.5) is 0 Å². The van der Waals surface area contributed by atoms with Crippen LogP contribution in [0.15, 0.2) is 29.1 Å². The molecule has 84 valence electrons. The van der Waals surface area contributed by atoms with Gasteiger partial charge in [-0.05, 0) is 24.0 Å². The maximum Gasteiger partial charge on any atom is 0.189 e. The van der Waals surface area contributed by atoms with E-state index in [1.807, 2.05) is 19.1 Å².